The average Bonchev–Trinajstić information content (AvgIpc) is 2.74. The first-order valence-corrected chi connectivity index (χ1v) is 9.52. The van der Waals surface area contributed by atoms with Gasteiger partial charge in [-0.15, -0.1) is 0 Å². The summed E-state index contributed by atoms with van der Waals surface area (Å²) in [6.45, 7) is 1.99. The minimum atomic E-state index is -0.588. The third kappa shape index (κ3) is 3.86. The molecule has 0 aliphatic carbocycles. The Morgan fingerprint density at radius 1 is 1.03 bits per heavy atom. The Balaban J connectivity index is 1.79. The summed E-state index contributed by atoms with van der Waals surface area (Å²) in [4.78, 5) is 28.3. The van der Waals surface area contributed by atoms with Crippen molar-refractivity contribution < 1.29 is 9.72 Å². The number of rotatable bonds is 4. The van der Waals surface area contributed by atoms with Crippen LogP contribution < -0.4 is 5.32 Å². The summed E-state index contributed by atoms with van der Waals surface area (Å²) in [5.74, 6) is -0.390. The van der Waals surface area contributed by atoms with Crippen molar-refractivity contribution >= 4 is 39.8 Å². The van der Waals surface area contributed by atoms with Gasteiger partial charge in [0.25, 0.3) is 11.6 Å². The van der Waals surface area contributed by atoms with Gasteiger partial charge in [0.1, 0.15) is 5.02 Å². The molecule has 0 aliphatic heterocycles. The summed E-state index contributed by atoms with van der Waals surface area (Å²) < 4.78 is 0. The molecule has 148 valence electrons. The molecular weight excluding hydrogens is 402 g/mol. The summed E-state index contributed by atoms with van der Waals surface area (Å²) in [5, 5.41) is 14.6. The van der Waals surface area contributed by atoms with Gasteiger partial charge in [-0.2, -0.15) is 0 Å². The van der Waals surface area contributed by atoms with Gasteiger partial charge < -0.3 is 5.32 Å². The number of nitrogens with zero attached hydrogens (tertiary/aromatic N) is 2. The highest BCUT2D eigenvalue weighted by atomic mass is 35.5. The summed E-state index contributed by atoms with van der Waals surface area (Å²) in [5.41, 5.74) is 3.78. The molecule has 3 aromatic carbocycles. The molecule has 1 heterocycles. The summed E-state index contributed by atoms with van der Waals surface area (Å²) in [7, 11) is 0. The van der Waals surface area contributed by atoms with Gasteiger partial charge in [-0.1, -0.05) is 53.6 Å². The Labute approximate surface area is 177 Å². The van der Waals surface area contributed by atoms with E-state index in [1.807, 2.05) is 55.5 Å². The van der Waals surface area contributed by atoms with Crippen molar-refractivity contribution in [2.24, 2.45) is 0 Å². The highest BCUT2D eigenvalue weighted by Crippen LogP contribution is 2.29. The lowest BCUT2D eigenvalue weighted by molar-refractivity contribution is -0.384. The van der Waals surface area contributed by atoms with E-state index in [1.165, 1.54) is 18.2 Å². The quantitative estimate of drug-likeness (QED) is 0.324. The molecule has 1 N–H and O–H groups in total. The van der Waals surface area contributed by atoms with Gasteiger partial charge in [0.15, 0.2) is 0 Å². The van der Waals surface area contributed by atoms with Crippen LogP contribution in [0.4, 0.5) is 11.4 Å². The van der Waals surface area contributed by atoms with E-state index < -0.39 is 4.92 Å². The van der Waals surface area contributed by atoms with E-state index in [-0.39, 0.29) is 22.3 Å². The molecule has 30 heavy (non-hydrogen) atoms. The molecule has 0 unspecified atom stereocenters. The van der Waals surface area contributed by atoms with Crippen molar-refractivity contribution in [1.29, 1.82) is 0 Å². The molecule has 0 aliphatic rings. The van der Waals surface area contributed by atoms with E-state index in [9.17, 15) is 14.9 Å². The number of anilines is 1. The molecule has 4 rings (SSSR count). The van der Waals surface area contributed by atoms with E-state index in [2.05, 4.69) is 5.32 Å². The lowest BCUT2D eigenvalue weighted by Crippen LogP contribution is -2.13. The standard InChI is InChI=1S/C23H16ClN3O3/c1-14-5-4-6-15(11-14)21-13-18(17-7-2-3-8-20(17)26-21)23(28)25-16-9-10-19(24)22(12-16)27(29)30/h2-13H,1H3,(H,25,28). The number of fused-ring (bicyclic) bond motifs is 1. The highest BCUT2D eigenvalue weighted by Gasteiger charge is 2.17. The molecule has 0 atom stereocenters. The first-order chi connectivity index (χ1) is 14.4. The molecule has 1 amide bonds. The average molecular weight is 418 g/mol. The first kappa shape index (κ1) is 19.5. The second-order valence-electron chi connectivity index (χ2n) is 6.82. The maximum Gasteiger partial charge on any atom is 0.289 e. The molecule has 0 saturated carbocycles. The summed E-state index contributed by atoms with van der Waals surface area (Å²) >= 11 is 5.86. The van der Waals surface area contributed by atoms with Crippen LogP contribution >= 0.6 is 11.6 Å². The summed E-state index contributed by atoms with van der Waals surface area (Å²) in [6.07, 6.45) is 0. The lowest BCUT2D eigenvalue weighted by Gasteiger charge is -2.11. The number of aryl methyl sites for hydroxylation is 1. The Kier molecular flexibility index (Phi) is 5.16. The molecule has 0 bridgehead atoms. The van der Waals surface area contributed by atoms with Crippen molar-refractivity contribution in [2.75, 3.05) is 5.32 Å². The van der Waals surface area contributed by atoms with Crippen LogP contribution in [0, 0.1) is 17.0 Å². The number of para-hydroxylation sites is 1. The maximum atomic E-state index is 13.1. The summed E-state index contributed by atoms with van der Waals surface area (Å²) in [6, 6.07) is 21.1. The van der Waals surface area contributed by atoms with Crippen LogP contribution in [0.5, 0.6) is 0 Å². The second kappa shape index (κ2) is 7.93. The minimum Gasteiger partial charge on any atom is -0.322 e. The molecule has 1 aromatic heterocycles. The third-order valence-corrected chi connectivity index (χ3v) is 4.99. The van der Waals surface area contributed by atoms with Crippen molar-refractivity contribution in [2.45, 2.75) is 6.92 Å². The van der Waals surface area contributed by atoms with E-state index >= 15 is 0 Å². The molecular formula is C23H16ClN3O3. The van der Waals surface area contributed by atoms with Crippen molar-refractivity contribution in [3.8, 4) is 11.3 Å². The SMILES string of the molecule is Cc1cccc(-c2cc(C(=O)Nc3ccc(Cl)c([N+](=O)[O-])c3)c3ccccc3n2)c1. The van der Waals surface area contributed by atoms with Crippen molar-refractivity contribution in [1.82, 2.24) is 4.98 Å². The molecule has 0 fully saturated rings. The van der Waals surface area contributed by atoms with Crippen LogP contribution in [-0.4, -0.2) is 15.8 Å². The van der Waals surface area contributed by atoms with Crippen LogP contribution in [0.3, 0.4) is 0 Å². The second-order valence-corrected chi connectivity index (χ2v) is 7.23. The number of nitro groups is 1. The smallest absolute Gasteiger partial charge is 0.289 e. The largest absolute Gasteiger partial charge is 0.322 e. The van der Waals surface area contributed by atoms with Crippen LogP contribution in [0.25, 0.3) is 22.2 Å². The number of carbonyl (C=O) groups excluding carboxylic acids is 1. The molecule has 4 aromatic rings. The zero-order valence-corrected chi connectivity index (χ0v) is 16.7. The predicted octanol–water partition coefficient (Wildman–Crippen LogP) is 6.02. The molecule has 0 spiro atoms. The Hall–Kier alpha value is -3.77. The number of nitro benzene ring substituents is 1. The molecule has 7 heteroatoms. The topological polar surface area (TPSA) is 85.1 Å². The predicted molar refractivity (Wildman–Crippen MR) is 118 cm³/mol. The van der Waals surface area contributed by atoms with Gasteiger partial charge >= 0.3 is 0 Å². The van der Waals surface area contributed by atoms with E-state index in [4.69, 9.17) is 16.6 Å². The number of aromatic nitrogens is 1. The number of benzene rings is 3. The van der Waals surface area contributed by atoms with Gasteiger partial charge in [-0.25, -0.2) is 4.98 Å². The Morgan fingerprint density at radius 2 is 1.83 bits per heavy atom. The zero-order valence-electron chi connectivity index (χ0n) is 15.9. The molecule has 6 nitrogen and oxygen atoms in total. The number of hydrogen-bond acceptors (Lipinski definition) is 4. The van der Waals surface area contributed by atoms with Gasteiger partial charge in [0.05, 0.1) is 21.7 Å². The van der Waals surface area contributed by atoms with Crippen LogP contribution in [0.2, 0.25) is 5.02 Å². The van der Waals surface area contributed by atoms with Crippen molar-refractivity contribution in [3.05, 3.63) is 99.1 Å². The van der Waals surface area contributed by atoms with Gasteiger partial charge in [-0.05, 0) is 37.3 Å². The molecule has 0 radical (unpaired) electrons. The number of nitrogens with one attached hydrogen (secondary N) is 1. The number of halogens is 1. The third-order valence-electron chi connectivity index (χ3n) is 4.68. The monoisotopic (exact) mass is 417 g/mol. The van der Waals surface area contributed by atoms with Crippen LogP contribution in [0.15, 0.2) is 72.8 Å². The Morgan fingerprint density at radius 3 is 2.60 bits per heavy atom. The van der Waals surface area contributed by atoms with E-state index in [1.54, 1.807) is 6.07 Å². The fraction of sp³-hybridized carbons (Fsp3) is 0.0435. The maximum absolute atomic E-state index is 13.1. The minimum absolute atomic E-state index is 0.00842. The fourth-order valence-electron chi connectivity index (χ4n) is 3.24. The van der Waals surface area contributed by atoms with E-state index in [0.29, 0.717) is 22.2 Å². The number of hydrogen-bond donors (Lipinski definition) is 1. The van der Waals surface area contributed by atoms with Gasteiger partial charge in [0.2, 0.25) is 0 Å². The fourth-order valence-corrected chi connectivity index (χ4v) is 3.43. The van der Waals surface area contributed by atoms with Gasteiger partial charge in [0, 0.05) is 22.7 Å². The van der Waals surface area contributed by atoms with Crippen LogP contribution in [0.1, 0.15) is 15.9 Å². The van der Waals surface area contributed by atoms with Crippen LogP contribution in [-0.2, 0) is 0 Å². The number of pyridine rings is 1. The molecule has 0 saturated heterocycles. The lowest BCUT2D eigenvalue weighted by atomic mass is 10.0. The number of carbonyl (C=O) groups is 1. The number of amides is 1. The highest BCUT2D eigenvalue weighted by molar-refractivity contribution is 6.32. The normalized spacial score (nSPS) is 10.7. The zero-order chi connectivity index (χ0) is 21.3. The van der Waals surface area contributed by atoms with Gasteiger partial charge in [-0.3, -0.25) is 14.9 Å². The first-order valence-electron chi connectivity index (χ1n) is 9.14. The van der Waals surface area contributed by atoms with E-state index in [0.717, 1.165) is 11.1 Å². The van der Waals surface area contributed by atoms with Crippen molar-refractivity contribution in [3.63, 3.8) is 0 Å². The Bertz CT molecular complexity index is 1300.